The number of alkyl carbamates (subject to hydrolysis) is 1. The highest BCUT2D eigenvalue weighted by molar-refractivity contribution is 9.10. The molecule has 1 aliphatic carbocycles. The Kier molecular flexibility index (Phi) is 2.95. The van der Waals surface area contributed by atoms with Crippen molar-refractivity contribution in [2.75, 3.05) is 7.11 Å². The van der Waals surface area contributed by atoms with Gasteiger partial charge in [0.15, 0.2) is 0 Å². The quantitative estimate of drug-likeness (QED) is 0.850. The van der Waals surface area contributed by atoms with Gasteiger partial charge in [0, 0.05) is 10.5 Å². The van der Waals surface area contributed by atoms with E-state index in [1.165, 1.54) is 18.2 Å². The van der Waals surface area contributed by atoms with Gasteiger partial charge in [0.25, 0.3) is 0 Å². The Morgan fingerprint density at radius 2 is 2.20 bits per heavy atom. The lowest BCUT2D eigenvalue weighted by atomic mass is 10.1. The molecule has 1 atom stereocenters. The SMILES string of the molecule is COC(=O)NC1Cc2ccc(Br)cc2C1. The zero-order chi connectivity index (χ0) is 10.8. The molecular weight excluding hydrogens is 258 g/mol. The summed E-state index contributed by atoms with van der Waals surface area (Å²) in [6.07, 6.45) is 1.41. The number of fused-ring (bicyclic) bond motifs is 1. The standard InChI is InChI=1S/C11H12BrNO2/c1-15-11(14)13-10-5-7-2-3-9(12)4-8(7)6-10/h2-4,10H,5-6H2,1H3,(H,13,14). The molecule has 80 valence electrons. The van der Waals surface area contributed by atoms with Crippen molar-refractivity contribution in [1.82, 2.24) is 5.32 Å². The number of halogens is 1. The monoisotopic (exact) mass is 269 g/mol. The summed E-state index contributed by atoms with van der Waals surface area (Å²) >= 11 is 3.44. The minimum atomic E-state index is -0.355. The molecule has 0 bridgehead atoms. The number of methoxy groups -OCH3 is 1. The first-order chi connectivity index (χ1) is 7.19. The average molecular weight is 270 g/mol. The van der Waals surface area contributed by atoms with Crippen molar-refractivity contribution in [2.45, 2.75) is 18.9 Å². The van der Waals surface area contributed by atoms with Crippen LogP contribution in [0.2, 0.25) is 0 Å². The number of ether oxygens (including phenoxy) is 1. The van der Waals surface area contributed by atoms with Crippen LogP contribution in [0.5, 0.6) is 0 Å². The zero-order valence-corrected chi connectivity index (χ0v) is 10.0. The summed E-state index contributed by atoms with van der Waals surface area (Å²) in [5, 5.41) is 2.82. The van der Waals surface area contributed by atoms with E-state index in [0.717, 1.165) is 17.3 Å². The van der Waals surface area contributed by atoms with E-state index in [-0.39, 0.29) is 12.1 Å². The molecule has 0 aliphatic heterocycles. The first kappa shape index (κ1) is 10.5. The second kappa shape index (κ2) is 4.23. The molecule has 1 aliphatic rings. The van der Waals surface area contributed by atoms with Gasteiger partial charge in [-0.25, -0.2) is 4.79 Å². The zero-order valence-electron chi connectivity index (χ0n) is 8.42. The molecule has 3 nitrogen and oxygen atoms in total. The number of nitrogens with one attached hydrogen (secondary N) is 1. The van der Waals surface area contributed by atoms with Gasteiger partial charge < -0.3 is 10.1 Å². The van der Waals surface area contributed by atoms with Crippen molar-refractivity contribution in [3.8, 4) is 0 Å². The number of carbonyl (C=O) groups is 1. The van der Waals surface area contributed by atoms with Crippen molar-refractivity contribution in [2.24, 2.45) is 0 Å². The van der Waals surface area contributed by atoms with Gasteiger partial charge in [-0.05, 0) is 36.1 Å². The molecule has 1 amide bonds. The molecule has 0 saturated carbocycles. The minimum Gasteiger partial charge on any atom is -0.453 e. The number of hydrogen-bond donors (Lipinski definition) is 1. The third-order valence-electron chi connectivity index (χ3n) is 2.61. The Balaban J connectivity index is 2.06. The second-order valence-corrected chi connectivity index (χ2v) is 4.57. The fraction of sp³-hybridized carbons (Fsp3) is 0.364. The second-order valence-electron chi connectivity index (χ2n) is 3.65. The number of benzene rings is 1. The van der Waals surface area contributed by atoms with Gasteiger partial charge in [0.2, 0.25) is 0 Å². The molecule has 2 rings (SSSR count). The number of rotatable bonds is 1. The van der Waals surface area contributed by atoms with Crippen LogP contribution >= 0.6 is 15.9 Å². The third kappa shape index (κ3) is 2.31. The molecular formula is C11H12BrNO2. The predicted octanol–water partition coefficient (Wildman–Crippen LogP) is 2.27. The van der Waals surface area contributed by atoms with Crippen molar-refractivity contribution in [3.63, 3.8) is 0 Å². The first-order valence-electron chi connectivity index (χ1n) is 4.81. The van der Waals surface area contributed by atoms with E-state index in [9.17, 15) is 4.79 Å². The fourth-order valence-electron chi connectivity index (χ4n) is 1.91. The molecule has 15 heavy (non-hydrogen) atoms. The smallest absolute Gasteiger partial charge is 0.407 e. The largest absolute Gasteiger partial charge is 0.453 e. The molecule has 0 aromatic heterocycles. The fourth-order valence-corrected chi connectivity index (χ4v) is 2.32. The molecule has 1 unspecified atom stereocenters. The van der Waals surface area contributed by atoms with Crippen molar-refractivity contribution in [1.29, 1.82) is 0 Å². The van der Waals surface area contributed by atoms with Gasteiger partial charge in [-0.1, -0.05) is 22.0 Å². The lowest BCUT2D eigenvalue weighted by Gasteiger charge is -2.09. The molecule has 4 heteroatoms. The summed E-state index contributed by atoms with van der Waals surface area (Å²) in [4.78, 5) is 11.0. The lowest BCUT2D eigenvalue weighted by molar-refractivity contribution is 0.167. The van der Waals surface area contributed by atoms with Gasteiger partial charge in [0.05, 0.1) is 7.11 Å². The van der Waals surface area contributed by atoms with Crippen LogP contribution in [-0.4, -0.2) is 19.2 Å². The van der Waals surface area contributed by atoms with Gasteiger partial charge >= 0.3 is 6.09 Å². The highest BCUT2D eigenvalue weighted by Crippen LogP contribution is 2.25. The van der Waals surface area contributed by atoms with E-state index in [1.54, 1.807) is 0 Å². The molecule has 0 heterocycles. The number of carbonyl (C=O) groups excluding carboxylic acids is 1. The number of hydrogen-bond acceptors (Lipinski definition) is 2. The summed E-state index contributed by atoms with van der Waals surface area (Å²) in [7, 11) is 1.38. The van der Waals surface area contributed by atoms with Crippen LogP contribution in [0.15, 0.2) is 22.7 Å². The molecule has 0 radical (unpaired) electrons. The first-order valence-corrected chi connectivity index (χ1v) is 5.60. The van der Waals surface area contributed by atoms with Crippen LogP contribution in [0.1, 0.15) is 11.1 Å². The van der Waals surface area contributed by atoms with Crippen LogP contribution in [0.4, 0.5) is 4.79 Å². The molecule has 0 saturated heterocycles. The number of amides is 1. The highest BCUT2D eigenvalue weighted by atomic mass is 79.9. The maximum atomic E-state index is 11.0. The van der Waals surface area contributed by atoms with Crippen LogP contribution in [0.3, 0.4) is 0 Å². The van der Waals surface area contributed by atoms with E-state index in [4.69, 9.17) is 0 Å². The maximum absolute atomic E-state index is 11.0. The average Bonchev–Trinajstić information content (AvgIpc) is 2.59. The molecule has 0 spiro atoms. The minimum absolute atomic E-state index is 0.168. The van der Waals surface area contributed by atoms with Crippen LogP contribution < -0.4 is 5.32 Å². The van der Waals surface area contributed by atoms with Crippen LogP contribution in [0, 0.1) is 0 Å². The van der Waals surface area contributed by atoms with E-state index in [2.05, 4.69) is 38.1 Å². The highest BCUT2D eigenvalue weighted by Gasteiger charge is 2.22. The van der Waals surface area contributed by atoms with Crippen molar-refractivity contribution >= 4 is 22.0 Å². The van der Waals surface area contributed by atoms with E-state index < -0.39 is 0 Å². The third-order valence-corrected chi connectivity index (χ3v) is 3.10. The van der Waals surface area contributed by atoms with Crippen molar-refractivity contribution in [3.05, 3.63) is 33.8 Å². The van der Waals surface area contributed by atoms with Gasteiger partial charge in [-0.3, -0.25) is 0 Å². The van der Waals surface area contributed by atoms with Crippen LogP contribution in [-0.2, 0) is 17.6 Å². The Hall–Kier alpha value is -1.03. The van der Waals surface area contributed by atoms with E-state index in [0.29, 0.717) is 0 Å². The maximum Gasteiger partial charge on any atom is 0.407 e. The normalized spacial score (nSPS) is 18.4. The Labute approximate surface area is 96.9 Å². The Morgan fingerprint density at radius 3 is 2.93 bits per heavy atom. The Bertz CT molecular complexity index is 392. The molecule has 1 aromatic carbocycles. The summed E-state index contributed by atoms with van der Waals surface area (Å²) < 4.78 is 5.66. The summed E-state index contributed by atoms with van der Waals surface area (Å²) in [6.45, 7) is 0. The van der Waals surface area contributed by atoms with E-state index >= 15 is 0 Å². The van der Waals surface area contributed by atoms with Gasteiger partial charge in [-0.15, -0.1) is 0 Å². The molecule has 0 fully saturated rings. The van der Waals surface area contributed by atoms with E-state index in [1.807, 2.05) is 6.07 Å². The van der Waals surface area contributed by atoms with Crippen LogP contribution in [0.25, 0.3) is 0 Å². The van der Waals surface area contributed by atoms with Crippen molar-refractivity contribution < 1.29 is 9.53 Å². The van der Waals surface area contributed by atoms with Gasteiger partial charge in [-0.2, -0.15) is 0 Å². The van der Waals surface area contributed by atoms with Gasteiger partial charge in [0.1, 0.15) is 0 Å². The predicted molar refractivity (Wildman–Crippen MR) is 60.9 cm³/mol. The summed E-state index contributed by atoms with van der Waals surface area (Å²) in [6, 6.07) is 6.40. The topological polar surface area (TPSA) is 38.3 Å². The molecule has 1 N–H and O–H groups in total. The summed E-state index contributed by atoms with van der Waals surface area (Å²) in [5.41, 5.74) is 2.60. The lowest BCUT2D eigenvalue weighted by Crippen LogP contribution is -2.35. The Morgan fingerprint density at radius 1 is 1.47 bits per heavy atom. The summed E-state index contributed by atoms with van der Waals surface area (Å²) in [5.74, 6) is 0. The molecule has 1 aromatic rings.